The summed E-state index contributed by atoms with van der Waals surface area (Å²) in [5.74, 6) is 1.48. The van der Waals surface area contributed by atoms with Crippen molar-refractivity contribution in [3.63, 3.8) is 0 Å². The first-order valence-electron chi connectivity index (χ1n) is 6.42. The van der Waals surface area contributed by atoms with Gasteiger partial charge in [-0.3, -0.25) is 4.79 Å². The Morgan fingerprint density at radius 3 is 3.06 bits per heavy atom. The van der Waals surface area contributed by atoms with Crippen molar-refractivity contribution >= 4 is 5.91 Å². The van der Waals surface area contributed by atoms with E-state index in [1.165, 1.54) is 12.8 Å². The van der Waals surface area contributed by atoms with Crippen LogP contribution in [0.15, 0.2) is 0 Å². The molecule has 1 aliphatic carbocycles. The van der Waals surface area contributed by atoms with Crippen LogP contribution in [0, 0.1) is 11.8 Å². The molecule has 3 fully saturated rings. The summed E-state index contributed by atoms with van der Waals surface area (Å²) in [4.78, 5) is 14.1. The molecule has 0 spiro atoms. The van der Waals surface area contributed by atoms with Crippen LogP contribution in [0.1, 0.15) is 19.3 Å². The lowest BCUT2D eigenvalue weighted by Gasteiger charge is -2.38. The highest BCUT2D eigenvalue weighted by Gasteiger charge is 2.38. The third-order valence-electron chi connectivity index (χ3n) is 4.00. The predicted octanol–water partition coefficient (Wildman–Crippen LogP) is 0.233. The summed E-state index contributed by atoms with van der Waals surface area (Å²) in [6, 6.07) is 0.428. The monoisotopic (exact) mass is 224 g/mol. The smallest absolute Gasteiger partial charge is 0.248 e. The molecule has 1 N–H and O–H groups in total. The third-order valence-corrected chi connectivity index (χ3v) is 4.00. The Hall–Kier alpha value is -0.610. The minimum absolute atomic E-state index is 0.210. The molecule has 4 nitrogen and oxygen atoms in total. The zero-order valence-corrected chi connectivity index (χ0v) is 9.65. The van der Waals surface area contributed by atoms with E-state index in [4.69, 9.17) is 4.74 Å². The fourth-order valence-electron chi connectivity index (χ4n) is 2.87. The van der Waals surface area contributed by atoms with Crippen molar-refractivity contribution in [1.29, 1.82) is 0 Å². The van der Waals surface area contributed by atoms with Crippen LogP contribution in [0.5, 0.6) is 0 Å². The predicted molar refractivity (Wildman–Crippen MR) is 60.0 cm³/mol. The Balaban J connectivity index is 1.74. The quantitative estimate of drug-likeness (QED) is 0.730. The summed E-state index contributed by atoms with van der Waals surface area (Å²) < 4.78 is 5.48. The van der Waals surface area contributed by atoms with Gasteiger partial charge in [0.15, 0.2) is 0 Å². The van der Waals surface area contributed by atoms with Crippen molar-refractivity contribution in [1.82, 2.24) is 10.2 Å². The van der Waals surface area contributed by atoms with E-state index in [2.05, 4.69) is 10.2 Å². The molecule has 2 unspecified atom stereocenters. The van der Waals surface area contributed by atoms with Gasteiger partial charge < -0.3 is 15.0 Å². The SMILES string of the molecule is O=C1COCC2CNCCC2N1CC1CC1. The number of hydrogen-bond acceptors (Lipinski definition) is 3. The van der Waals surface area contributed by atoms with E-state index in [0.717, 1.165) is 38.6 Å². The van der Waals surface area contributed by atoms with Gasteiger partial charge in [-0.05, 0) is 31.7 Å². The summed E-state index contributed by atoms with van der Waals surface area (Å²) >= 11 is 0. The Kier molecular flexibility index (Phi) is 2.86. The summed E-state index contributed by atoms with van der Waals surface area (Å²) in [5, 5.41) is 3.40. The lowest BCUT2D eigenvalue weighted by atomic mass is 9.92. The molecule has 3 rings (SSSR count). The number of amides is 1. The summed E-state index contributed by atoms with van der Waals surface area (Å²) in [5.41, 5.74) is 0. The number of nitrogens with zero attached hydrogens (tertiary/aromatic N) is 1. The maximum absolute atomic E-state index is 12.0. The Labute approximate surface area is 96.3 Å². The number of hydrogen-bond donors (Lipinski definition) is 1. The first-order valence-corrected chi connectivity index (χ1v) is 6.42. The highest BCUT2D eigenvalue weighted by Crippen LogP contribution is 2.32. The molecule has 0 aromatic heterocycles. The van der Waals surface area contributed by atoms with Crippen LogP contribution in [0.2, 0.25) is 0 Å². The van der Waals surface area contributed by atoms with Gasteiger partial charge in [-0.15, -0.1) is 0 Å². The first-order chi connectivity index (χ1) is 7.84. The number of rotatable bonds is 2. The lowest BCUT2D eigenvalue weighted by molar-refractivity contribution is -0.136. The van der Waals surface area contributed by atoms with Gasteiger partial charge in [-0.1, -0.05) is 0 Å². The molecule has 0 aromatic rings. The van der Waals surface area contributed by atoms with E-state index in [-0.39, 0.29) is 5.91 Å². The van der Waals surface area contributed by atoms with Gasteiger partial charge in [0, 0.05) is 25.0 Å². The molecule has 4 heteroatoms. The zero-order chi connectivity index (χ0) is 11.0. The Morgan fingerprint density at radius 2 is 2.25 bits per heavy atom. The summed E-state index contributed by atoms with van der Waals surface area (Å²) in [6.07, 6.45) is 3.70. The molecule has 0 bridgehead atoms. The maximum atomic E-state index is 12.0. The van der Waals surface area contributed by atoms with Gasteiger partial charge >= 0.3 is 0 Å². The first kappa shape index (κ1) is 10.5. The van der Waals surface area contributed by atoms with Gasteiger partial charge in [0.2, 0.25) is 5.91 Å². The molecular weight excluding hydrogens is 204 g/mol. The molecule has 2 atom stereocenters. The maximum Gasteiger partial charge on any atom is 0.248 e. The molecule has 1 saturated carbocycles. The van der Waals surface area contributed by atoms with Gasteiger partial charge in [0.25, 0.3) is 0 Å². The number of carbonyl (C=O) groups is 1. The van der Waals surface area contributed by atoms with Crippen molar-refractivity contribution in [3.8, 4) is 0 Å². The summed E-state index contributed by atoms with van der Waals surface area (Å²) in [6.45, 7) is 4.04. The molecule has 2 aliphatic heterocycles. The topological polar surface area (TPSA) is 41.6 Å². The zero-order valence-electron chi connectivity index (χ0n) is 9.65. The van der Waals surface area contributed by atoms with Crippen LogP contribution >= 0.6 is 0 Å². The van der Waals surface area contributed by atoms with Crippen LogP contribution in [-0.4, -0.2) is 49.7 Å². The van der Waals surface area contributed by atoms with Crippen molar-refractivity contribution in [2.24, 2.45) is 11.8 Å². The van der Waals surface area contributed by atoms with Crippen LogP contribution in [-0.2, 0) is 9.53 Å². The van der Waals surface area contributed by atoms with Crippen molar-refractivity contribution in [3.05, 3.63) is 0 Å². The second-order valence-electron chi connectivity index (χ2n) is 5.32. The molecule has 2 heterocycles. The summed E-state index contributed by atoms with van der Waals surface area (Å²) in [7, 11) is 0. The number of fused-ring (bicyclic) bond motifs is 1. The van der Waals surface area contributed by atoms with Crippen LogP contribution in [0.3, 0.4) is 0 Å². The van der Waals surface area contributed by atoms with Gasteiger partial charge in [-0.25, -0.2) is 0 Å². The second-order valence-corrected chi connectivity index (χ2v) is 5.32. The van der Waals surface area contributed by atoms with E-state index in [1.54, 1.807) is 0 Å². The number of carbonyl (C=O) groups excluding carboxylic acids is 1. The van der Waals surface area contributed by atoms with Crippen molar-refractivity contribution < 1.29 is 9.53 Å². The van der Waals surface area contributed by atoms with Crippen LogP contribution < -0.4 is 5.32 Å². The van der Waals surface area contributed by atoms with Crippen molar-refractivity contribution in [2.75, 3.05) is 32.8 Å². The minimum Gasteiger partial charge on any atom is -0.371 e. The Bertz CT molecular complexity index is 278. The normalized spacial score (nSPS) is 35.8. The fourth-order valence-corrected chi connectivity index (χ4v) is 2.87. The van der Waals surface area contributed by atoms with Crippen molar-refractivity contribution in [2.45, 2.75) is 25.3 Å². The number of ether oxygens (including phenoxy) is 1. The molecule has 16 heavy (non-hydrogen) atoms. The average molecular weight is 224 g/mol. The highest BCUT2D eigenvalue weighted by atomic mass is 16.5. The van der Waals surface area contributed by atoms with Gasteiger partial charge in [0.05, 0.1) is 6.61 Å². The molecule has 0 aromatic carbocycles. The van der Waals surface area contributed by atoms with Crippen LogP contribution in [0.4, 0.5) is 0 Å². The molecule has 90 valence electrons. The molecule has 0 radical (unpaired) electrons. The van der Waals surface area contributed by atoms with E-state index >= 15 is 0 Å². The lowest BCUT2D eigenvalue weighted by Crippen LogP contribution is -2.52. The van der Waals surface area contributed by atoms with E-state index < -0.39 is 0 Å². The third kappa shape index (κ3) is 2.09. The van der Waals surface area contributed by atoms with Crippen LogP contribution in [0.25, 0.3) is 0 Å². The number of nitrogens with one attached hydrogen (secondary N) is 1. The van der Waals surface area contributed by atoms with E-state index in [1.807, 2.05) is 0 Å². The molecule has 1 amide bonds. The van der Waals surface area contributed by atoms with Gasteiger partial charge in [-0.2, -0.15) is 0 Å². The largest absolute Gasteiger partial charge is 0.371 e. The van der Waals surface area contributed by atoms with Gasteiger partial charge in [0.1, 0.15) is 6.61 Å². The molecule has 2 saturated heterocycles. The number of piperidine rings is 1. The molecular formula is C12H20N2O2. The van der Waals surface area contributed by atoms with E-state index in [0.29, 0.717) is 18.6 Å². The second kappa shape index (κ2) is 4.34. The van der Waals surface area contributed by atoms with E-state index in [9.17, 15) is 4.79 Å². The standard InChI is InChI=1S/C12H20N2O2/c15-12-8-16-7-10-5-13-4-3-11(10)14(12)6-9-1-2-9/h9-11,13H,1-8H2. The highest BCUT2D eigenvalue weighted by molar-refractivity contribution is 5.78. The Morgan fingerprint density at radius 1 is 1.38 bits per heavy atom. The molecule has 3 aliphatic rings. The fraction of sp³-hybridized carbons (Fsp3) is 0.917. The minimum atomic E-state index is 0.210. The average Bonchev–Trinajstić information content (AvgIpc) is 3.10.